The average molecular weight is 270 g/mol. The maximum absolute atomic E-state index is 5.79. The molecule has 3 aromatic rings. The zero-order chi connectivity index (χ0) is 13.2. The highest BCUT2D eigenvalue weighted by molar-refractivity contribution is 7.22. The number of benzene rings is 1. The van der Waals surface area contributed by atoms with Crippen molar-refractivity contribution >= 4 is 32.4 Å². The van der Waals surface area contributed by atoms with Gasteiger partial charge in [0, 0.05) is 31.7 Å². The van der Waals surface area contributed by atoms with Crippen LogP contribution < -0.4 is 10.6 Å². The smallest absolute Gasteiger partial charge is 0.186 e. The standard InChI is InChI=1S/C14H14N4S/c1-18(9-10-3-2-6-16-8-10)14-17-12-5-4-11(15)7-13(12)19-14/h2-8H,9,15H2,1H3. The van der Waals surface area contributed by atoms with E-state index >= 15 is 0 Å². The summed E-state index contributed by atoms with van der Waals surface area (Å²) in [7, 11) is 2.04. The second kappa shape index (κ2) is 4.85. The van der Waals surface area contributed by atoms with Crippen LogP contribution in [0.4, 0.5) is 10.8 Å². The van der Waals surface area contributed by atoms with Gasteiger partial charge in [0.25, 0.3) is 0 Å². The molecule has 5 heteroatoms. The summed E-state index contributed by atoms with van der Waals surface area (Å²) in [4.78, 5) is 10.9. The number of thiazole rings is 1. The number of hydrogen-bond acceptors (Lipinski definition) is 5. The van der Waals surface area contributed by atoms with Crippen LogP contribution in [-0.2, 0) is 6.54 Å². The highest BCUT2D eigenvalue weighted by atomic mass is 32.1. The van der Waals surface area contributed by atoms with Gasteiger partial charge in [-0.15, -0.1) is 0 Å². The number of nitrogen functional groups attached to an aromatic ring is 1. The topological polar surface area (TPSA) is 55.0 Å². The Morgan fingerprint density at radius 3 is 3.00 bits per heavy atom. The Morgan fingerprint density at radius 2 is 2.21 bits per heavy atom. The van der Waals surface area contributed by atoms with Crippen LogP contribution in [0.3, 0.4) is 0 Å². The van der Waals surface area contributed by atoms with Crippen molar-refractivity contribution in [1.82, 2.24) is 9.97 Å². The minimum atomic E-state index is 0.776. The Kier molecular flexibility index (Phi) is 3.05. The molecule has 1 aromatic carbocycles. The summed E-state index contributed by atoms with van der Waals surface area (Å²) in [6.45, 7) is 0.795. The fourth-order valence-electron chi connectivity index (χ4n) is 1.93. The third kappa shape index (κ3) is 2.51. The van der Waals surface area contributed by atoms with Crippen LogP contribution in [0.1, 0.15) is 5.56 Å². The zero-order valence-corrected chi connectivity index (χ0v) is 11.4. The summed E-state index contributed by atoms with van der Waals surface area (Å²) in [6, 6.07) is 9.82. The molecular formula is C14H14N4S. The lowest BCUT2D eigenvalue weighted by molar-refractivity contribution is 0.910. The van der Waals surface area contributed by atoms with E-state index in [-0.39, 0.29) is 0 Å². The van der Waals surface area contributed by atoms with Gasteiger partial charge >= 0.3 is 0 Å². The monoisotopic (exact) mass is 270 g/mol. The van der Waals surface area contributed by atoms with Gasteiger partial charge in [0.2, 0.25) is 0 Å². The molecule has 0 saturated carbocycles. The predicted molar refractivity (Wildman–Crippen MR) is 80.4 cm³/mol. The lowest BCUT2D eigenvalue weighted by Gasteiger charge is -2.14. The first-order chi connectivity index (χ1) is 9.22. The number of anilines is 2. The Bertz CT molecular complexity index is 693. The lowest BCUT2D eigenvalue weighted by Crippen LogP contribution is -2.15. The Morgan fingerprint density at radius 1 is 1.32 bits per heavy atom. The summed E-state index contributed by atoms with van der Waals surface area (Å²) in [5.41, 5.74) is 8.73. The van der Waals surface area contributed by atoms with E-state index in [4.69, 9.17) is 5.73 Å². The van der Waals surface area contributed by atoms with E-state index in [1.807, 2.05) is 37.5 Å². The Balaban J connectivity index is 1.87. The van der Waals surface area contributed by atoms with Crippen molar-refractivity contribution in [3.05, 3.63) is 48.3 Å². The molecule has 2 aromatic heterocycles. The molecule has 2 N–H and O–H groups in total. The second-order valence-electron chi connectivity index (χ2n) is 4.44. The molecule has 0 aliphatic heterocycles. The Labute approximate surface area is 115 Å². The SMILES string of the molecule is CN(Cc1cccnc1)c1nc2ccc(N)cc2s1. The first-order valence-electron chi connectivity index (χ1n) is 5.98. The Hall–Kier alpha value is -2.14. The number of pyridine rings is 1. The molecule has 2 heterocycles. The number of aromatic nitrogens is 2. The van der Waals surface area contributed by atoms with Crippen LogP contribution in [0.2, 0.25) is 0 Å². The van der Waals surface area contributed by atoms with Crippen molar-refractivity contribution in [1.29, 1.82) is 0 Å². The highest BCUT2D eigenvalue weighted by Gasteiger charge is 2.09. The first kappa shape index (κ1) is 11.9. The molecule has 0 atom stereocenters. The molecule has 4 nitrogen and oxygen atoms in total. The number of rotatable bonds is 3. The zero-order valence-electron chi connectivity index (χ0n) is 10.6. The molecule has 0 aliphatic carbocycles. The van der Waals surface area contributed by atoms with Gasteiger partial charge in [-0.2, -0.15) is 0 Å². The normalized spacial score (nSPS) is 10.8. The molecule has 96 valence electrons. The van der Waals surface area contributed by atoms with E-state index < -0.39 is 0 Å². The minimum absolute atomic E-state index is 0.776. The largest absolute Gasteiger partial charge is 0.399 e. The van der Waals surface area contributed by atoms with Crippen molar-refractivity contribution in [2.24, 2.45) is 0 Å². The van der Waals surface area contributed by atoms with Gasteiger partial charge in [0.1, 0.15) is 0 Å². The van der Waals surface area contributed by atoms with Crippen molar-refractivity contribution in [2.75, 3.05) is 17.7 Å². The van der Waals surface area contributed by atoms with Gasteiger partial charge in [-0.05, 0) is 29.8 Å². The number of hydrogen-bond donors (Lipinski definition) is 1. The fraction of sp³-hybridized carbons (Fsp3) is 0.143. The molecule has 0 amide bonds. The second-order valence-corrected chi connectivity index (χ2v) is 5.45. The van der Waals surface area contributed by atoms with E-state index in [9.17, 15) is 0 Å². The van der Waals surface area contributed by atoms with Gasteiger partial charge in [0.15, 0.2) is 5.13 Å². The van der Waals surface area contributed by atoms with E-state index in [1.54, 1.807) is 17.5 Å². The molecule has 0 radical (unpaired) electrons. The van der Waals surface area contributed by atoms with Crippen molar-refractivity contribution in [3.8, 4) is 0 Å². The van der Waals surface area contributed by atoms with Crippen LogP contribution in [0.15, 0.2) is 42.7 Å². The number of fused-ring (bicyclic) bond motifs is 1. The van der Waals surface area contributed by atoms with Gasteiger partial charge in [-0.25, -0.2) is 4.98 Å². The van der Waals surface area contributed by atoms with Crippen LogP contribution in [0, 0.1) is 0 Å². The van der Waals surface area contributed by atoms with Gasteiger partial charge in [-0.3, -0.25) is 4.98 Å². The molecule has 0 saturated heterocycles. The van der Waals surface area contributed by atoms with Crippen LogP contribution in [0.5, 0.6) is 0 Å². The molecule has 19 heavy (non-hydrogen) atoms. The summed E-state index contributed by atoms with van der Waals surface area (Å²) >= 11 is 1.65. The maximum Gasteiger partial charge on any atom is 0.186 e. The van der Waals surface area contributed by atoms with E-state index in [0.717, 1.165) is 27.6 Å². The average Bonchev–Trinajstić information content (AvgIpc) is 2.83. The minimum Gasteiger partial charge on any atom is -0.399 e. The van der Waals surface area contributed by atoms with Crippen molar-refractivity contribution in [3.63, 3.8) is 0 Å². The maximum atomic E-state index is 5.79. The number of nitrogens with zero attached hydrogens (tertiary/aromatic N) is 3. The lowest BCUT2D eigenvalue weighted by atomic mass is 10.3. The summed E-state index contributed by atoms with van der Waals surface area (Å²) in [5.74, 6) is 0. The van der Waals surface area contributed by atoms with E-state index in [0.29, 0.717) is 0 Å². The first-order valence-corrected chi connectivity index (χ1v) is 6.80. The number of nitrogens with two attached hydrogens (primary N) is 1. The molecule has 0 aliphatic rings. The van der Waals surface area contributed by atoms with Crippen molar-refractivity contribution in [2.45, 2.75) is 6.54 Å². The quantitative estimate of drug-likeness (QED) is 0.743. The highest BCUT2D eigenvalue weighted by Crippen LogP contribution is 2.30. The van der Waals surface area contributed by atoms with Crippen LogP contribution in [0.25, 0.3) is 10.2 Å². The molecule has 0 spiro atoms. The fourth-order valence-corrected chi connectivity index (χ4v) is 2.90. The molecular weight excluding hydrogens is 256 g/mol. The predicted octanol–water partition coefficient (Wildman–Crippen LogP) is 2.91. The van der Waals surface area contributed by atoms with Gasteiger partial charge in [0.05, 0.1) is 10.2 Å². The molecule has 0 bridgehead atoms. The van der Waals surface area contributed by atoms with E-state index in [2.05, 4.69) is 20.9 Å². The summed E-state index contributed by atoms with van der Waals surface area (Å²) in [6.07, 6.45) is 3.66. The van der Waals surface area contributed by atoms with Gasteiger partial charge in [-0.1, -0.05) is 17.4 Å². The molecule has 0 unspecified atom stereocenters. The molecule has 3 rings (SSSR count). The summed E-state index contributed by atoms with van der Waals surface area (Å²) < 4.78 is 1.12. The third-order valence-electron chi connectivity index (χ3n) is 2.87. The summed E-state index contributed by atoms with van der Waals surface area (Å²) in [5, 5.41) is 0.990. The van der Waals surface area contributed by atoms with Gasteiger partial charge < -0.3 is 10.6 Å². The van der Waals surface area contributed by atoms with Crippen LogP contribution in [-0.4, -0.2) is 17.0 Å². The van der Waals surface area contributed by atoms with Crippen molar-refractivity contribution < 1.29 is 0 Å². The van der Waals surface area contributed by atoms with Crippen LogP contribution >= 0.6 is 11.3 Å². The third-order valence-corrected chi connectivity index (χ3v) is 4.00. The van der Waals surface area contributed by atoms with E-state index in [1.165, 1.54) is 5.56 Å². The molecule has 0 fully saturated rings.